The molecule has 0 saturated carbocycles. The van der Waals surface area contributed by atoms with Gasteiger partial charge in [0.2, 0.25) is 0 Å². The molecule has 1 aliphatic heterocycles. The zero-order chi connectivity index (χ0) is 42.8. The normalized spacial score (nSPS) is 16.7. The van der Waals surface area contributed by atoms with Gasteiger partial charge in [0.15, 0.2) is 5.79 Å². The number of nitrogens with one attached hydrogen (secondary N) is 1. The molecule has 0 aromatic rings. The van der Waals surface area contributed by atoms with E-state index in [-0.39, 0.29) is 12.2 Å². The minimum absolute atomic E-state index is 0.152. The average Bonchev–Trinajstić information content (AvgIpc) is 3.57. The number of ether oxygens (including phenoxy) is 3. The van der Waals surface area contributed by atoms with E-state index in [1.54, 1.807) is 0 Å². The molecule has 1 rings (SSSR count). The maximum atomic E-state index is 7.11. The van der Waals surface area contributed by atoms with Crippen molar-refractivity contribution in [1.82, 2.24) is 10.2 Å². The van der Waals surface area contributed by atoms with Crippen molar-refractivity contribution >= 4 is 0 Å². The van der Waals surface area contributed by atoms with Crippen LogP contribution >= 0.6 is 0 Å². The summed E-state index contributed by atoms with van der Waals surface area (Å²) < 4.78 is 20.4. The number of unbranched alkanes of at least 4 members (excludes halogenated alkanes) is 33. The summed E-state index contributed by atoms with van der Waals surface area (Å²) in [6, 6.07) is 0.586. The van der Waals surface area contributed by atoms with E-state index in [0.29, 0.717) is 6.04 Å². The number of nitrogens with zero attached hydrogens (tertiary/aromatic N) is 1. The number of hydrogen-bond donors (Lipinski definition) is 1. The fourth-order valence-corrected chi connectivity index (χ4v) is 9.23. The molecule has 0 aromatic carbocycles. The molecule has 5 nitrogen and oxygen atoms in total. The van der Waals surface area contributed by atoms with E-state index in [2.05, 4.69) is 52.0 Å². The van der Waals surface area contributed by atoms with Gasteiger partial charge >= 0.3 is 0 Å². The van der Waals surface area contributed by atoms with Gasteiger partial charge in [-0.2, -0.15) is 0 Å². The number of hydrogen-bond acceptors (Lipinski definition) is 5. The molecule has 354 valence electrons. The molecule has 1 fully saturated rings. The van der Waals surface area contributed by atoms with E-state index in [9.17, 15) is 0 Å². The van der Waals surface area contributed by atoms with Crippen molar-refractivity contribution in [1.29, 1.82) is 0 Å². The van der Waals surface area contributed by atoms with Crippen molar-refractivity contribution in [3.8, 4) is 0 Å². The molecular formula is C54H110N2O3. The van der Waals surface area contributed by atoms with Gasteiger partial charge in [0.1, 0.15) is 0 Å². The van der Waals surface area contributed by atoms with Crippen molar-refractivity contribution < 1.29 is 14.2 Å². The maximum absolute atomic E-state index is 7.11. The first kappa shape index (κ1) is 56.8. The smallest absolute Gasteiger partial charge is 0.169 e. The van der Waals surface area contributed by atoms with Gasteiger partial charge in [-0.05, 0) is 59.2 Å². The molecule has 2 unspecified atom stereocenters. The van der Waals surface area contributed by atoms with Crippen molar-refractivity contribution in [3.63, 3.8) is 0 Å². The van der Waals surface area contributed by atoms with E-state index >= 15 is 0 Å². The lowest BCUT2D eigenvalue weighted by atomic mass is 9.98. The molecule has 59 heavy (non-hydrogen) atoms. The second kappa shape index (κ2) is 43.1. The lowest BCUT2D eigenvalue weighted by Crippen LogP contribution is -2.31. The highest BCUT2D eigenvalue weighted by Crippen LogP contribution is 2.40. The topological polar surface area (TPSA) is 43.0 Å². The van der Waals surface area contributed by atoms with Crippen LogP contribution < -0.4 is 5.32 Å². The monoisotopic (exact) mass is 835 g/mol. The molecule has 5 heteroatoms. The third-order valence-corrected chi connectivity index (χ3v) is 13.1. The Morgan fingerprint density at radius 3 is 1.15 bits per heavy atom. The Balaban J connectivity index is 2.46. The molecule has 2 atom stereocenters. The molecule has 1 saturated heterocycles. The Bertz CT molecular complexity index is 785. The second-order valence-corrected chi connectivity index (χ2v) is 19.8. The van der Waals surface area contributed by atoms with Crippen molar-refractivity contribution in [3.05, 3.63) is 0 Å². The Kier molecular flexibility index (Phi) is 41.5. The summed E-state index contributed by atoms with van der Waals surface area (Å²) in [4.78, 5) is 2.30. The summed E-state index contributed by atoms with van der Waals surface area (Å²) in [5.74, 6) is -0.391. The predicted molar refractivity (Wildman–Crippen MR) is 261 cm³/mol. The molecule has 1 N–H and O–H groups in total. The zero-order valence-corrected chi connectivity index (χ0v) is 41.5. The molecular weight excluding hydrogens is 725 g/mol. The second-order valence-electron chi connectivity index (χ2n) is 19.8. The zero-order valence-electron chi connectivity index (χ0n) is 41.5. The van der Waals surface area contributed by atoms with Crippen LogP contribution in [0, 0.1) is 0 Å². The van der Waals surface area contributed by atoms with Crippen LogP contribution in [0.4, 0.5) is 0 Å². The summed E-state index contributed by atoms with van der Waals surface area (Å²) in [7, 11) is 4.38. The van der Waals surface area contributed by atoms with E-state index < -0.39 is 5.79 Å². The van der Waals surface area contributed by atoms with Crippen LogP contribution in [0.5, 0.6) is 0 Å². The lowest BCUT2D eigenvalue weighted by Gasteiger charge is -2.29. The minimum atomic E-state index is -0.391. The third kappa shape index (κ3) is 36.9. The largest absolute Gasteiger partial charge is 0.381 e. The van der Waals surface area contributed by atoms with Crippen LogP contribution in [0.2, 0.25) is 0 Å². The standard InChI is InChI=1S/C54H110N2O3/c1-7-9-11-13-15-17-19-21-23-25-27-29-31-33-35-39-45-54(46-40-36-34-32-30-28-26-24-22-20-18-16-14-12-10-8-2)58-52(43-48-56(5)6)53(59-54)44-50-57-49-42-38-37-41-47-55-51(3)4/h51-53,55H,7-50H2,1-6H3. The predicted octanol–water partition coefficient (Wildman–Crippen LogP) is 16.7. The fraction of sp³-hybridized carbons (Fsp3) is 1.00. The average molecular weight is 835 g/mol. The Morgan fingerprint density at radius 2 is 0.780 bits per heavy atom. The van der Waals surface area contributed by atoms with Gasteiger partial charge in [-0.1, -0.05) is 233 Å². The third-order valence-electron chi connectivity index (χ3n) is 13.1. The molecule has 0 amide bonds. The molecule has 0 bridgehead atoms. The van der Waals surface area contributed by atoms with E-state index in [4.69, 9.17) is 14.2 Å². The highest BCUT2D eigenvalue weighted by Gasteiger charge is 2.46. The quantitative estimate of drug-likeness (QED) is 0.0619. The van der Waals surface area contributed by atoms with Crippen LogP contribution in [0.3, 0.4) is 0 Å². The summed E-state index contributed by atoms with van der Waals surface area (Å²) in [6.07, 6.45) is 54.5. The van der Waals surface area contributed by atoms with Crippen LogP contribution in [0.25, 0.3) is 0 Å². The van der Waals surface area contributed by atoms with Gasteiger partial charge in [-0.15, -0.1) is 0 Å². The SMILES string of the molecule is CCCCCCCCCCCCCCCCCCC1(CCCCCCCCCCCCCCCCCC)OC(CCOCCCCCCNC(C)C)C(CCN(C)C)O1. The van der Waals surface area contributed by atoms with Crippen LogP contribution in [-0.2, 0) is 14.2 Å². The van der Waals surface area contributed by atoms with Gasteiger partial charge in [0.05, 0.1) is 12.2 Å². The molecule has 0 aliphatic carbocycles. The van der Waals surface area contributed by atoms with E-state index in [1.165, 1.54) is 225 Å². The molecule has 1 heterocycles. The molecule has 0 radical (unpaired) electrons. The molecule has 0 spiro atoms. The summed E-state index contributed by atoms with van der Waals surface area (Å²) in [6.45, 7) is 12.9. The van der Waals surface area contributed by atoms with E-state index in [1.807, 2.05) is 0 Å². The fourth-order valence-electron chi connectivity index (χ4n) is 9.23. The highest BCUT2D eigenvalue weighted by molar-refractivity contribution is 4.87. The first-order chi connectivity index (χ1) is 28.9. The Hall–Kier alpha value is -0.200. The van der Waals surface area contributed by atoms with Crippen LogP contribution in [0.15, 0.2) is 0 Å². The number of rotatable bonds is 48. The minimum Gasteiger partial charge on any atom is -0.381 e. The molecule has 1 aliphatic rings. The Labute approximate surface area is 372 Å². The first-order valence-electron chi connectivity index (χ1n) is 27.2. The highest BCUT2D eigenvalue weighted by atomic mass is 16.8. The Morgan fingerprint density at radius 1 is 0.441 bits per heavy atom. The van der Waals surface area contributed by atoms with Crippen molar-refractivity contribution in [2.75, 3.05) is 40.4 Å². The summed E-state index contributed by atoms with van der Waals surface area (Å²) in [5, 5.41) is 3.53. The van der Waals surface area contributed by atoms with Gasteiger partial charge < -0.3 is 24.4 Å². The maximum Gasteiger partial charge on any atom is 0.169 e. The van der Waals surface area contributed by atoms with Gasteiger partial charge in [0.25, 0.3) is 0 Å². The van der Waals surface area contributed by atoms with Crippen LogP contribution in [-0.4, -0.2) is 69.3 Å². The summed E-state index contributed by atoms with van der Waals surface area (Å²) >= 11 is 0. The summed E-state index contributed by atoms with van der Waals surface area (Å²) in [5.41, 5.74) is 0. The lowest BCUT2D eigenvalue weighted by molar-refractivity contribution is -0.188. The van der Waals surface area contributed by atoms with Crippen LogP contribution in [0.1, 0.15) is 285 Å². The van der Waals surface area contributed by atoms with Crippen molar-refractivity contribution in [2.45, 2.75) is 309 Å². The molecule has 0 aromatic heterocycles. The van der Waals surface area contributed by atoms with Gasteiger partial charge in [-0.3, -0.25) is 0 Å². The van der Waals surface area contributed by atoms with Gasteiger partial charge in [-0.25, -0.2) is 0 Å². The van der Waals surface area contributed by atoms with Gasteiger partial charge in [0, 0.05) is 38.6 Å². The van der Waals surface area contributed by atoms with E-state index in [0.717, 1.165) is 58.4 Å². The first-order valence-corrected chi connectivity index (χ1v) is 27.2. The van der Waals surface area contributed by atoms with Crippen molar-refractivity contribution in [2.24, 2.45) is 0 Å².